The van der Waals surface area contributed by atoms with E-state index in [4.69, 9.17) is 8.92 Å². The molecule has 0 saturated heterocycles. The number of benzene rings is 2. The Morgan fingerprint density at radius 1 is 1.08 bits per heavy atom. The zero-order valence-electron chi connectivity index (χ0n) is 13.5. The van der Waals surface area contributed by atoms with Gasteiger partial charge < -0.3 is 8.92 Å². The molecule has 6 nitrogen and oxygen atoms in total. The number of carbonyl (C=O) groups is 2. The van der Waals surface area contributed by atoms with Crippen LogP contribution in [0.1, 0.15) is 39.6 Å². The summed E-state index contributed by atoms with van der Waals surface area (Å²) >= 11 is 0. The van der Waals surface area contributed by atoms with E-state index in [-0.39, 0.29) is 28.6 Å². The summed E-state index contributed by atoms with van der Waals surface area (Å²) in [5, 5.41) is 0. The Bertz CT molecular complexity index is 929. The van der Waals surface area contributed by atoms with Crippen molar-refractivity contribution in [3.05, 3.63) is 59.2 Å². The highest BCUT2D eigenvalue weighted by atomic mass is 32.2. The van der Waals surface area contributed by atoms with Crippen LogP contribution in [0.25, 0.3) is 0 Å². The predicted molar refractivity (Wildman–Crippen MR) is 89.3 cm³/mol. The fourth-order valence-electron chi connectivity index (χ4n) is 2.67. The number of ether oxygens (including phenoxy) is 1. The average Bonchev–Trinajstić information content (AvgIpc) is 2.97. The fourth-order valence-corrected chi connectivity index (χ4v) is 3.63. The molecule has 0 heterocycles. The smallest absolute Gasteiger partial charge is 0.339 e. The first-order valence-electron chi connectivity index (χ1n) is 7.79. The summed E-state index contributed by atoms with van der Waals surface area (Å²) in [5.41, 5.74) is 1.37. The summed E-state index contributed by atoms with van der Waals surface area (Å²) in [6, 6.07) is 10.1. The van der Waals surface area contributed by atoms with Crippen LogP contribution in [0.2, 0.25) is 0 Å². The molecule has 0 fully saturated rings. The lowest BCUT2D eigenvalue weighted by Gasteiger charge is -2.11. The number of hydrogen-bond donors (Lipinski definition) is 0. The van der Waals surface area contributed by atoms with Gasteiger partial charge in [-0.05, 0) is 43.7 Å². The van der Waals surface area contributed by atoms with Crippen LogP contribution in [0.3, 0.4) is 0 Å². The Labute approximate surface area is 145 Å². The molecule has 130 valence electrons. The van der Waals surface area contributed by atoms with Crippen LogP contribution >= 0.6 is 0 Å². The normalized spacial score (nSPS) is 13.4. The van der Waals surface area contributed by atoms with Gasteiger partial charge in [0, 0.05) is 17.5 Å². The molecule has 0 atom stereocenters. The van der Waals surface area contributed by atoms with E-state index >= 15 is 0 Å². The lowest BCUT2D eigenvalue weighted by atomic mass is 10.1. The number of fused-ring (bicyclic) bond motifs is 1. The van der Waals surface area contributed by atoms with Crippen molar-refractivity contribution < 1.29 is 26.9 Å². The van der Waals surface area contributed by atoms with Crippen LogP contribution in [0.4, 0.5) is 0 Å². The van der Waals surface area contributed by atoms with E-state index in [1.807, 2.05) is 0 Å². The monoisotopic (exact) mass is 360 g/mol. The molecule has 2 aromatic rings. The maximum Gasteiger partial charge on any atom is 0.339 e. The van der Waals surface area contributed by atoms with Gasteiger partial charge in [-0.15, -0.1) is 0 Å². The first kappa shape index (κ1) is 17.2. The highest BCUT2D eigenvalue weighted by molar-refractivity contribution is 7.87. The second-order valence-corrected chi connectivity index (χ2v) is 7.03. The van der Waals surface area contributed by atoms with Crippen molar-refractivity contribution in [2.75, 3.05) is 6.61 Å². The van der Waals surface area contributed by atoms with Crippen molar-refractivity contribution in [3.63, 3.8) is 0 Å². The van der Waals surface area contributed by atoms with E-state index in [0.29, 0.717) is 24.0 Å². The SMILES string of the molecule is CCOC(=O)c1ccc(S(=O)(=O)Oc2cccc3c2CCC3=O)cc1. The van der Waals surface area contributed by atoms with Gasteiger partial charge >= 0.3 is 16.1 Å². The lowest BCUT2D eigenvalue weighted by Crippen LogP contribution is -2.12. The van der Waals surface area contributed by atoms with Crippen LogP contribution in [0, 0.1) is 0 Å². The Morgan fingerprint density at radius 3 is 2.48 bits per heavy atom. The highest BCUT2D eigenvalue weighted by Gasteiger charge is 2.26. The molecule has 0 radical (unpaired) electrons. The first-order chi connectivity index (χ1) is 11.9. The van der Waals surface area contributed by atoms with E-state index in [0.717, 1.165) is 0 Å². The van der Waals surface area contributed by atoms with Crippen molar-refractivity contribution in [2.24, 2.45) is 0 Å². The van der Waals surface area contributed by atoms with Gasteiger partial charge in [0.05, 0.1) is 12.2 Å². The van der Waals surface area contributed by atoms with Crippen molar-refractivity contribution in [1.29, 1.82) is 0 Å². The maximum absolute atomic E-state index is 12.5. The third-order valence-corrected chi connectivity index (χ3v) is 5.14. The Morgan fingerprint density at radius 2 is 1.80 bits per heavy atom. The maximum atomic E-state index is 12.5. The molecule has 0 bridgehead atoms. The van der Waals surface area contributed by atoms with Crippen LogP contribution in [-0.2, 0) is 21.3 Å². The van der Waals surface area contributed by atoms with Crippen LogP contribution in [-0.4, -0.2) is 26.8 Å². The third kappa shape index (κ3) is 3.41. The Kier molecular flexibility index (Phi) is 4.59. The van der Waals surface area contributed by atoms with Crippen molar-refractivity contribution >= 4 is 21.9 Å². The summed E-state index contributed by atoms with van der Waals surface area (Å²) in [6.07, 6.45) is 0.811. The second kappa shape index (κ2) is 6.68. The van der Waals surface area contributed by atoms with Gasteiger partial charge in [-0.25, -0.2) is 4.79 Å². The van der Waals surface area contributed by atoms with E-state index in [1.54, 1.807) is 19.1 Å². The zero-order chi connectivity index (χ0) is 18.0. The van der Waals surface area contributed by atoms with E-state index in [1.165, 1.54) is 30.3 Å². The number of rotatable bonds is 5. The van der Waals surface area contributed by atoms with Gasteiger partial charge in [0.25, 0.3) is 0 Å². The molecule has 0 spiro atoms. The quantitative estimate of drug-likeness (QED) is 0.602. The first-order valence-corrected chi connectivity index (χ1v) is 9.20. The van der Waals surface area contributed by atoms with Crippen LogP contribution in [0.5, 0.6) is 5.75 Å². The topological polar surface area (TPSA) is 86.7 Å². The highest BCUT2D eigenvalue weighted by Crippen LogP contribution is 2.32. The minimum Gasteiger partial charge on any atom is -0.462 e. The van der Waals surface area contributed by atoms with Gasteiger partial charge in [-0.2, -0.15) is 8.42 Å². The lowest BCUT2D eigenvalue weighted by molar-refractivity contribution is 0.0526. The number of Topliss-reactive ketones (excluding diaryl/α,β-unsaturated/α-hetero) is 1. The zero-order valence-corrected chi connectivity index (χ0v) is 14.3. The summed E-state index contributed by atoms with van der Waals surface area (Å²) in [4.78, 5) is 23.3. The second-order valence-electron chi connectivity index (χ2n) is 5.49. The molecule has 7 heteroatoms. The van der Waals surface area contributed by atoms with Gasteiger partial charge in [0.2, 0.25) is 0 Å². The summed E-state index contributed by atoms with van der Waals surface area (Å²) in [7, 11) is -4.07. The summed E-state index contributed by atoms with van der Waals surface area (Å²) in [6.45, 7) is 1.92. The molecule has 0 aliphatic heterocycles. The molecule has 0 N–H and O–H groups in total. The minimum atomic E-state index is -4.07. The molecule has 3 rings (SSSR count). The van der Waals surface area contributed by atoms with Gasteiger partial charge in [-0.3, -0.25) is 4.79 Å². The van der Waals surface area contributed by atoms with E-state index in [2.05, 4.69) is 0 Å². The predicted octanol–water partition coefficient (Wildman–Crippen LogP) is 2.76. The standard InChI is InChI=1S/C18H16O6S/c1-2-23-18(20)12-6-8-13(9-7-12)25(21,22)24-17-5-3-4-14-15(17)10-11-16(14)19/h3-9H,2,10-11H2,1H3. The fraction of sp³-hybridized carbons (Fsp3) is 0.222. The molecule has 2 aromatic carbocycles. The third-order valence-electron chi connectivity index (χ3n) is 3.89. The van der Waals surface area contributed by atoms with Gasteiger partial charge in [0.1, 0.15) is 10.6 Å². The molecular formula is C18H16O6S. The van der Waals surface area contributed by atoms with Crippen LogP contribution < -0.4 is 4.18 Å². The summed E-state index contributed by atoms with van der Waals surface area (Å²) < 4.78 is 35.0. The van der Waals surface area contributed by atoms with Crippen molar-refractivity contribution in [2.45, 2.75) is 24.7 Å². The minimum absolute atomic E-state index is 0.0170. The molecular weight excluding hydrogens is 344 g/mol. The molecule has 0 aromatic heterocycles. The number of carbonyl (C=O) groups excluding carboxylic acids is 2. The molecule has 25 heavy (non-hydrogen) atoms. The van der Waals surface area contributed by atoms with E-state index < -0.39 is 16.1 Å². The van der Waals surface area contributed by atoms with Crippen LogP contribution in [0.15, 0.2) is 47.4 Å². The Balaban J connectivity index is 1.86. The average molecular weight is 360 g/mol. The van der Waals surface area contributed by atoms with Gasteiger partial charge in [0.15, 0.2) is 5.78 Å². The molecule has 0 unspecified atom stereocenters. The number of hydrogen-bond acceptors (Lipinski definition) is 6. The molecule has 1 aliphatic carbocycles. The van der Waals surface area contributed by atoms with E-state index in [9.17, 15) is 18.0 Å². The summed E-state index contributed by atoms with van der Waals surface area (Å²) in [5.74, 6) is -0.374. The molecule has 0 saturated carbocycles. The number of esters is 1. The Hall–Kier alpha value is -2.67. The largest absolute Gasteiger partial charge is 0.462 e. The number of ketones is 1. The molecule has 0 amide bonds. The van der Waals surface area contributed by atoms with Gasteiger partial charge in [-0.1, -0.05) is 12.1 Å². The van der Waals surface area contributed by atoms with Crippen molar-refractivity contribution in [3.8, 4) is 5.75 Å². The van der Waals surface area contributed by atoms with Crippen molar-refractivity contribution in [1.82, 2.24) is 0 Å². The molecule has 1 aliphatic rings.